The van der Waals surface area contributed by atoms with Crippen molar-refractivity contribution >= 4 is 29.0 Å². The molecule has 1 amide bonds. The third-order valence-corrected chi connectivity index (χ3v) is 5.99. The summed E-state index contributed by atoms with van der Waals surface area (Å²) in [6.07, 6.45) is 3.31. The molecule has 1 unspecified atom stereocenters. The number of aromatic nitrogens is 2. The predicted octanol–water partition coefficient (Wildman–Crippen LogP) is 2.72. The number of hydrogen-bond donors (Lipinski definition) is 2. The Labute approximate surface area is 171 Å². The number of halogens is 1. The fourth-order valence-electron chi connectivity index (χ4n) is 3.88. The van der Waals surface area contributed by atoms with Crippen LogP contribution in [-0.4, -0.2) is 62.6 Å². The Bertz CT molecular complexity index is 829. The lowest BCUT2D eigenvalue weighted by Crippen LogP contribution is -2.46. The van der Waals surface area contributed by atoms with Crippen LogP contribution in [0.3, 0.4) is 0 Å². The van der Waals surface area contributed by atoms with Gasteiger partial charge in [0.25, 0.3) is 5.91 Å². The summed E-state index contributed by atoms with van der Waals surface area (Å²) in [6, 6.07) is 3.55. The molecule has 8 heteroatoms. The van der Waals surface area contributed by atoms with Gasteiger partial charge in [-0.1, -0.05) is 25.4 Å². The first kappa shape index (κ1) is 20.9. The van der Waals surface area contributed by atoms with Gasteiger partial charge in [-0.2, -0.15) is 0 Å². The van der Waals surface area contributed by atoms with Gasteiger partial charge in [0.15, 0.2) is 16.6 Å². The number of imidazole rings is 1. The molecule has 1 fully saturated rings. The van der Waals surface area contributed by atoms with E-state index >= 15 is 0 Å². The van der Waals surface area contributed by atoms with Gasteiger partial charge in [0.2, 0.25) is 0 Å². The lowest BCUT2D eigenvalue weighted by atomic mass is 9.95. The summed E-state index contributed by atoms with van der Waals surface area (Å²) in [5.74, 6) is 0.813. The summed E-state index contributed by atoms with van der Waals surface area (Å²) in [7, 11) is 0. The average Bonchev–Trinajstić information content (AvgIpc) is 2.99. The molecule has 1 saturated heterocycles. The van der Waals surface area contributed by atoms with Crippen molar-refractivity contribution in [2.45, 2.75) is 39.8 Å². The van der Waals surface area contributed by atoms with Crippen LogP contribution in [0.4, 0.5) is 5.82 Å². The molecule has 0 spiro atoms. The maximum absolute atomic E-state index is 13.2. The second-order valence-corrected chi connectivity index (χ2v) is 8.24. The maximum Gasteiger partial charge on any atom is 0.257 e. The normalized spacial score (nSPS) is 17.4. The van der Waals surface area contributed by atoms with E-state index in [2.05, 4.69) is 9.88 Å². The van der Waals surface area contributed by atoms with E-state index in [1.165, 1.54) is 0 Å². The Kier molecular flexibility index (Phi) is 6.47. The Balaban J connectivity index is 1.69. The van der Waals surface area contributed by atoms with Gasteiger partial charge in [0.1, 0.15) is 6.23 Å². The van der Waals surface area contributed by atoms with Gasteiger partial charge in [0.05, 0.1) is 5.56 Å². The molecule has 3 rings (SSSR count). The zero-order chi connectivity index (χ0) is 20.4. The Morgan fingerprint density at radius 1 is 1.43 bits per heavy atom. The summed E-state index contributed by atoms with van der Waals surface area (Å²) in [6.45, 7) is 9.09. The van der Waals surface area contributed by atoms with Crippen LogP contribution in [0, 0.1) is 11.8 Å². The lowest BCUT2D eigenvalue weighted by Gasteiger charge is -2.38. The number of fused-ring (bicyclic) bond motifs is 1. The van der Waals surface area contributed by atoms with Crippen LogP contribution in [-0.2, 0) is 0 Å². The topological polar surface area (TPSA) is 87.1 Å². The van der Waals surface area contributed by atoms with E-state index in [4.69, 9.17) is 17.3 Å². The smallest absolute Gasteiger partial charge is 0.257 e. The molecular weight excluding hydrogens is 378 g/mol. The van der Waals surface area contributed by atoms with E-state index in [0.717, 1.165) is 25.9 Å². The second kappa shape index (κ2) is 8.68. The molecule has 3 N–H and O–H groups in total. The fraction of sp³-hybridized carbons (Fsp3) is 0.600. The molecule has 2 aromatic rings. The van der Waals surface area contributed by atoms with Crippen molar-refractivity contribution in [3.63, 3.8) is 0 Å². The molecule has 1 aliphatic heterocycles. The Morgan fingerprint density at radius 2 is 2.11 bits per heavy atom. The number of aliphatic hydroxyl groups excluding tert-OH is 1. The van der Waals surface area contributed by atoms with Gasteiger partial charge in [-0.05, 0) is 43.7 Å². The molecule has 3 heterocycles. The van der Waals surface area contributed by atoms with Crippen molar-refractivity contribution in [3.05, 3.63) is 29.0 Å². The highest BCUT2D eigenvalue weighted by Crippen LogP contribution is 2.25. The predicted molar refractivity (Wildman–Crippen MR) is 111 cm³/mol. The number of likely N-dealkylation sites (tertiary alicyclic amines) is 1. The van der Waals surface area contributed by atoms with Gasteiger partial charge in [-0.25, -0.2) is 4.98 Å². The first-order valence-electron chi connectivity index (χ1n) is 9.96. The molecule has 1 atom stereocenters. The van der Waals surface area contributed by atoms with Crippen LogP contribution < -0.4 is 5.73 Å². The third-order valence-electron chi connectivity index (χ3n) is 5.61. The number of nitrogen functional groups attached to an aromatic ring is 1. The summed E-state index contributed by atoms with van der Waals surface area (Å²) < 4.78 is 1.64. The second-order valence-electron chi connectivity index (χ2n) is 7.88. The van der Waals surface area contributed by atoms with E-state index < -0.39 is 6.23 Å². The van der Waals surface area contributed by atoms with Crippen molar-refractivity contribution in [1.82, 2.24) is 19.2 Å². The molecule has 0 saturated carbocycles. The summed E-state index contributed by atoms with van der Waals surface area (Å²) in [5.41, 5.74) is 6.82. The molecule has 2 aromatic heterocycles. The standard InChI is InChI=1S/C20H30ClN5O2/c1-4-24(12-14-7-10-25(11-8-14)19(27)13(2)3)20(28)15-6-5-9-26-16(21)17(22)23-18(15)26/h5-6,9,13-14,19,27H,4,7-8,10-12,22H2,1-3H3. The summed E-state index contributed by atoms with van der Waals surface area (Å²) in [5, 5.41) is 10.6. The van der Waals surface area contributed by atoms with Crippen LogP contribution in [0.15, 0.2) is 18.3 Å². The minimum absolute atomic E-state index is 0.0561. The van der Waals surface area contributed by atoms with E-state index in [9.17, 15) is 9.90 Å². The monoisotopic (exact) mass is 407 g/mol. The number of nitrogens with two attached hydrogens (primary N) is 1. The van der Waals surface area contributed by atoms with Crippen LogP contribution in [0.1, 0.15) is 44.0 Å². The Morgan fingerprint density at radius 3 is 2.71 bits per heavy atom. The number of carbonyl (C=O) groups excluding carboxylic acids is 1. The van der Waals surface area contributed by atoms with Gasteiger partial charge in [-0.3, -0.25) is 14.1 Å². The molecule has 7 nitrogen and oxygen atoms in total. The summed E-state index contributed by atoms with van der Waals surface area (Å²) >= 11 is 6.17. The van der Waals surface area contributed by atoms with Crippen molar-refractivity contribution in [2.75, 3.05) is 31.9 Å². The zero-order valence-electron chi connectivity index (χ0n) is 16.8. The molecule has 0 aromatic carbocycles. The molecule has 28 heavy (non-hydrogen) atoms. The minimum Gasteiger partial charge on any atom is -0.381 e. The number of nitrogens with zero attached hydrogens (tertiary/aromatic N) is 4. The van der Waals surface area contributed by atoms with Gasteiger partial charge >= 0.3 is 0 Å². The highest BCUT2D eigenvalue weighted by Gasteiger charge is 2.28. The number of piperidine rings is 1. The van der Waals surface area contributed by atoms with Gasteiger partial charge in [0, 0.05) is 32.4 Å². The molecule has 154 valence electrons. The number of amides is 1. The third kappa shape index (κ3) is 4.11. The van der Waals surface area contributed by atoms with Crippen LogP contribution in [0.2, 0.25) is 5.15 Å². The highest BCUT2D eigenvalue weighted by molar-refractivity contribution is 6.32. The SMILES string of the molecule is CCN(CC1CCN(C(O)C(C)C)CC1)C(=O)c1cccn2c(Cl)c(N)nc12. The van der Waals surface area contributed by atoms with E-state index in [-0.39, 0.29) is 17.6 Å². The summed E-state index contributed by atoms with van der Waals surface area (Å²) in [4.78, 5) is 21.5. The number of pyridine rings is 1. The quantitative estimate of drug-likeness (QED) is 0.768. The number of carbonyl (C=O) groups is 1. The van der Waals surface area contributed by atoms with Crippen molar-refractivity contribution in [2.24, 2.45) is 11.8 Å². The molecular formula is C20H30ClN5O2. The van der Waals surface area contributed by atoms with Crippen LogP contribution in [0.25, 0.3) is 5.65 Å². The van der Waals surface area contributed by atoms with Gasteiger partial charge in [-0.15, -0.1) is 0 Å². The average molecular weight is 408 g/mol. The first-order chi connectivity index (χ1) is 13.3. The number of anilines is 1. The molecule has 1 aliphatic rings. The largest absolute Gasteiger partial charge is 0.381 e. The molecule has 0 radical (unpaired) electrons. The van der Waals surface area contributed by atoms with Crippen LogP contribution in [0.5, 0.6) is 0 Å². The first-order valence-corrected chi connectivity index (χ1v) is 10.3. The van der Waals surface area contributed by atoms with Gasteiger partial charge < -0.3 is 15.7 Å². The zero-order valence-corrected chi connectivity index (χ0v) is 17.6. The Hall–Kier alpha value is -1.83. The maximum atomic E-state index is 13.2. The lowest BCUT2D eigenvalue weighted by molar-refractivity contribution is -0.0477. The van der Waals surface area contributed by atoms with Crippen molar-refractivity contribution < 1.29 is 9.90 Å². The molecule has 0 aliphatic carbocycles. The van der Waals surface area contributed by atoms with Crippen molar-refractivity contribution in [1.29, 1.82) is 0 Å². The van der Waals surface area contributed by atoms with E-state index in [0.29, 0.717) is 35.4 Å². The highest BCUT2D eigenvalue weighted by atomic mass is 35.5. The number of rotatable bonds is 6. The van der Waals surface area contributed by atoms with E-state index in [1.54, 1.807) is 22.7 Å². The minimum atomic E-state index is -0.391. The van der Waals surface area contributed by atoms with Crippen LogP contribution >= 0.6 is 11.6 Å². The number of hydrogen-bond acceptors (Lipinski definition) is 5. The van der Waals surface area contributed by atoms with Crippen molar-refractivity contribution in [3.8, 4) is 0 Å². The fourth-order valence-corrected chi connectivity index (χ4v) is 4.06. The van der Waals surface area contributed by atoms with E-state index in [1.807, 2.05) is 25.7 Å². The number of aliphatic hydroxyl groups is 1. The molecule has 0 bridgehead atoms.